The summed E-state index contributed by atoms with van der Waals surface area (Å²) in [6.07, 6.45) is 1.87. The molecular formula is C14H25N3O. The van der Waals surface area contributed by atoms with E-state index in [0.717, 1.165) is 32.1 Å². The smallest absolute Gasteiger partial charge is 0.128 e. The number of ether oxygens (including phenoxy) is 1. The van der Waals surface area contributed by atoms with Crippen molar-refractivity contribution in [2.75, 3.05) is 38.3 Å². The van der Waals surface area contributed by atoms with Gasteiger partial charge in [-0.05, 0) is 38.1 Å². The molecule has 1 rings (SSSR count). The molecule has 1 aromatic rings. The number of nitrogens with one attached hydrogen (secondary N) is 1. The Kier molecular flexibility index (Phi) is 6.68. The summed E-state index contributed by atoms with van der Waals surface area (Å²) in [7, 11) is 2.04. The number of hydrogen-bond donors (Lipinski definition) is 1. The summed E-state index contributed by atoms with van der Waals surface area (Å²) in [4.78, 5) is 6.53. The number of hydrogen-bond acceptors (Lipinski definition) is 4. The monoisotopic (exact) mass is 251 g/mol. The fourth-order valence-electron chi connectivity index (χ4n) is 1.80. The fourth-order valence-corrected chi connectivity index (χ4v) is 1.80. The maximum absolute atomic E-state index is 5.36. The third kappa shape index (κ3) is 4.63. The summed E-state index contributed by atoms with van der Waals surface area (Å²) < 4.78 is 5.36. The number of likely N-dealkylation sites (N-methyl/N-ethyl adjacent to an activating group) is 1. The van der Waals surface area contributed by atoms with Crippen LogP contribution in [0.15, 0.2) is 18.3 Å². The van der Waals surface area contributed by atoms with Crippen LogP contribution in [0.3, 0.4) is 0 Å². The van der Waals surface area contributed by atoms with E-state index in [1.807, 2.05) is 20.2 Å². The van der Waals surface area contributed by atoms with E-state index in [2.05, 4.69) is 41.2 Å². The van der Waals surface area contributed by atoms with Crippen molar-refractivity contribution in [1.29, 1.82) is 0 Å². The maximum atomic E-state index is 5.36. The first-order chi connectivity index (χ1) is 8.69. The second kappa shape index (κ2) is 8.06. The highest BCUT2D eigenvalue weighted by atomic mass is 16.5. The molecule has 0 spiro atoms. The summed E-state index contributed by atoms with van der Waals surface area (Å²) in [5.41, 5.74) is 1.27. The van der Waals surface area contributed by atoms with E-state index < -0.39 is 0 Å². The second-order valence-electron chi connectivity index (χ2n) is 4.35. The lowest BCUT2D eigenvalue weighted by molar-refractivity contribution is 0.154. The van der Waals surface area contributed by atoms with Gasteiger partial charge in [-0.3, -0.25) is 0 Å². The Hall–Kier alpha value is -1.13. The molecule has 0 fully saturated rings. The molecule has 1 heterocycles. The number of aromatic nitrogens is 1. The van der Waals surface area contributed by atoms with Crippen LogP contribution in [0, 0.1) is 0 Å². The summed E-state index contributed by atoms with van der Waals surface area (Å²) in [5.74, 6) is 0.997. The molecule has 0 aliphatic rings. The lowest BCUT2D eigenvalue weighted by atomic mass is 10.1. The van der Waals surface area contributed by atoms with Crippen molar-refractivity contribution in [3.63, 3.8) is 0 Å². The van der Waals surface area contributed by atoms with Gasteiger partial charge in [0.05, 0.1) is 6.61 Å². The Morgan fingerprint density at radius 1 is 1.44 bits per heavy atom. The van der Waals surface area contributed by atoms with Crippen LogP contribution < -0.4 is 10.2 Å². The highest BCUT2D eigenvalue weighted by molar-refractivity contribution is 5.40. The average molecular weight is 251 g/mol. The van der Waals surface area contributed by atoms with Gasteiger partial charge >= 0.3 is 0 Å². The third-order valence-corrected chi connectivity index (χ3v) is 2.95. The topological polar surface area (TPSA) is 37.4 Å². The van der Waals surface area contributed by atoms with Crippen molar-refractivity contribution in [2.45, 2.75) is 26.8 Å². The molecule has 0 saturated carbocycles. The molecule has 18 heavy (non-hydrogen) atoms. The van der Waals surface area contributed by atoms with Gasteiger partial charge in [-0.15, -0.1) is 0 Å². The molecule has 4 nitrogen and oxygen atoms in total. The van der Waals surface area contributed by atoms with Crippen molar-refractivity contribution < 1.29 is 4.74 Å². The highest BCUT2D eigenvalue weighted by Crippen LogP contribution is 2.17. The molecule has 1 unspecified atom stereocenters. The molecule has 0 radical (unpaired) electrons. The lowest BCUT2D eigenvalue weighted by Gasteiger charge is -2.20. The first-order valence-electron chi connectivity index (χ1n) is 6.67. The zero-order valence-corrected chi connectivity index (χ0v) is 11.9. The molecule has 0 amide bonds. The minimum Gasteiger partial charge on any atom is -0.380 e. The zero-order valence-electron chi connectivity index (χ0n) is 11.9. The van der Waals surface area contributed by atoms with E-state index in [0.29, 0.717) is 6.04 Å². The summed E-state index contributed by atoms with van der Waals surface area (Å²) in [5, 5.41) is 3.41. The molecule has 0 aliphatic heterocycles. The molecule has 1 aromatic heterocycles. The summed E-state index contributed by atoms with van der Waals surface area (Å²) >= 11 is 0. The van der Waals surface area contributed by atoms with Gasteiger partial charge in [-0.25, -0.2) is 4.98 Å². The van der Waals surface area contributed by atoms with Crippen LogP contribution in [-0.4, -0.2) is 38.3 Å². The van der Waals surface area contributed by atoms with E-state index in [9.17, 15) is 0 Å². The Labute approximate surface area is 110 Å². The van der Waals surface area contributed by atoms with Gasteiger partial charge in [0.2, 0.25) is 0 Å². The number of anilines is 1. The molecule has 102 valence electrons. The van der Waals surface area contributed by atoms with Gasteiger partial charge in [-0.2, -0.15) is 0 Å². The van der Waals surface area contributed by atoms with Crippen LogP contribution in [0.5, 0.6) is 0 Å². The minimum atomic E-state index is 0.358. The Morgan fingerprint density at radius 3 is 2.89 bits per heavy atom. The molecule has 1 atom stereocenters. The van der Waals surface area contributed by atoms with E-state index >= 15 is 0 Å². The van der Waals surface area contributed by atoms with Crippen LogP contribution in [-0.2, 0) is 4.74 Å². The standard InChI is InChI=1S/C14H25N3O/c1-5-15-12(3)13-7-8-16-14(11-13)17(4)9-10-18-6-2/h7-8,11-12,15H,5-6,9-10H2,1-4H3. The van der Waals surface area contributed by atoms with E-state index in [4.69, 9.17) is 4.74 Å². The second-order valence-corrected chi connectivity index (χ2v) is 4.35. The summed E-state index contributed by atoms with van der Waals surface area (Å²) in [6, 6.07) is 4.56. The lowest BCUT2D eigenvalue weighted by Crippen LogP contribution is -2.24. The predicted molar refractivity (Wildman–Crippen MR) is 76.1 cm³/mol. The predicted octanol–water partition coefficient (Wildman–Crippen LogP) is 2.22. The van der Waals surface area contributed by atoms with Crippen molar-refractivity contribution in [2.24, 2.45) is 0 Å². The van der Waals surface area contributed by atoms with Crippen LogP contribution in [0.25, 0.3) is 0 Å². The van der Waals surface area contributed by atoms with Crippen molar-refractivity contribution in [3.8, 4) is 0 Å². The Balaban J connectivity index is 2.63. The first kappa shape index (κ1) is 14.9. The Morgan fingerprint density at radius 2 is 2.22 bits per heavy atom. The van der Waals surface area contributed by atoms with Gasteiger partial charge in [0, 0.05) is 32.4 Å². The van der Waals surface area contributed by atoms with E-state index in [1.54, 1.807) is 0 Å². The average Bonchev–Trinajstić information content (AvgIpc) is 2.39. The number of pyridine rings is 1. The van der Waals surface area contributed by atoms with Crippen LogP contribution in [0.4, 0.5) is 5.82 Å². The SMILES string of the molecule is CCNC(C)c1ccnc(N(C)CCOCC)c1. The van der Waals surface area contributed by atoms with Crippen molar-refractivity contribution in [3.05, 3.63) is 23.9 Å². The van der Waals surface area contributed by atoms with Crippen LogP contribution in [0.2, 0.25) is 0 Å². The number of rotatable bonds is 8. The molecular weight excluding hydrogens is 226 g/mol. The van der Waals surface area contributed by atoms with Gasteiger partial charge in [0.1, 0.15) is 5.82 Å². The van der Waals surface area contributed by atoms with E-state index in [1.165, 1.54) is 5.56 Å². The van der Waals surface area contributed by atoms with E-state index in [-0.39, 0.29) is 0 Å². The molecule has 0 aromatic carbocycles. The van der Waals surface area contributed by atoms with Gasteiger partial charge < -0.3 is 15.0 Å². The first-order valence-corrected chi connectivity index (χ1v) is 6.67. The quantitative estimate of drug-likeness (QED) is 0.719. The van der Waals surface area contributed by atoms with Crippen molar-refractivity contribution in [1.82, 2.24) is 10.3 Å². The zero-order chi connectivity index (χ0) is 13.4. The van der Waals surface area contributed by atoms with Crippen molar-refractivity contribution >= 4 is 5.82 Å². The maximum Gasteiger partial charge on any atom is 0.128 e. The molecule has 1 N–H and O–H groups in total. The molecule has 4 heteroatoms. The van der Waals surface area contributed by atoms with Crippen LogP contribution >= 0.6 is 0 Å². The largest absolute Gasteiger partial charge is 0.380 e. The van der Waals surface area contributed by atoms with Gasteiger partial charge in [-0.1, -0.05) is 6.92 Å². The molecule has 0 saturated heterocycles. The third-order valence-electron chi connectivity index (χ3n) is 2.95. The minimum absolute atomic E-state index is 0.358. The highest BCUT2D eigenvalue weighted by Gasteiger charge is 2.07. The van der Waals surface area contributed by atoms with Gasteiger partial charge in [0.25, 0.3) is 0 Å². The fraction of sp³-hybridized carbons (Fsp3) is 0.643. The summed E-state index contributed by atoms with van der Waals surface area (Å²) in [6.45, 7) is 9.63. The molecule has 0 bridgehead atoms. The van der Waals surface area contributed by atoms with Crippen LogP contribution in [0.1, 0.15) is 32.4 Å². The van der Waals surface area contributed by atoms with Gasteiger partial charge in [0.15, 0.2) is 0 Å². The Bertz CT molecular complexity index is 344. The molecule has 0 aliphatic carbocycles. The number of nitrogens with zero attached hydrogens (tertiary/aromatic N) is 2. The normalized spacial score (nSPS) is 12.4.